The first-order valence-corrected chi connectivity index (χ1v) is 2.82. The van der Waals surface area contributed by atoms with E-state index in [9.17, 15) is 0 Å². The summed E-state index contributed by atoms with van der Waals surface area (Å²) in [5.41, 5.74) is 10.2. The molecular formula is C5H12N4. The van der Waals surface area contributed by atoms with Crippen LogP contribution in [0, 0.1) is 0 Å². The lowest BCUT2D eigenvalue weighted by molar-refractivity contribution is 0.483. The first-order chi connectivity index (χ1) is 4.08. The highest BCUT2D eigenvalue weighted by molar-refractivity contribution is 5.33. The molecule has 4 heteroatoms. The van der Waals surface area contributed by atoms with Crippen LogP contribution < -0.4 is 16.8 Å². The van der Waals surface area contributed by atoms with E-state index in [1.54, 1.807) is 7.05 Å². The molecule has 1 aliphatic rings. The normalized spacial score (nSPS) is 48.8. The number of nitrogens with zero attached hydrogens (tertiary/aromatic N) is 1. The highest BCUT2D eigenvalue weighted by Gasteiger charge is 2.62. The van der Waals surface area contributed by atoms with Gasteiger partial charge in [0.05, 0.1) is 0 Å². The van der Waals surface area contributed by atoms with Crippen molar-refractivity contribution in [3.05, 3.63) is 0 Å². The number of rotatable bonds is 2. The van der Waals surface area contributed by atoms with Gasteiger partial charge in [0.15, 0.2) is 0 Å². The predicted molar refractivity (Wildman–Crippen MR) is 37.1 cm³/mol. The summed E-state index contributed by atoms with van der Waals surface area (Å²) in [6.45, 7) is 3.34. The standard InChI is InChI=1S/C5H12N4/c1-8-4(6)3-5(4,7)9-2/h9H,1,3,6-7H2,2H3. The van der Waals surface area contributed by atoms with Crippen molar-refractivity contribution in [1.82, 2.24) is 5.32 Å². The van der Waals surface area contributed by atoms with Crippen LogP contribution in [0.5, 0.6) is 0 Å². The van der Waals surface area contributed by atoms with Crippen LogP contribution in [0.2, 0.25) is 0 Å². The predicted octanol–water partition coefficient (Wildman–Crippen LogP) is -1.38. The molecule has 0 aromatic rings. The number of aliphatic imine (C=N–C) groups is 1. The molecule has 0 saturated heterocycles. The van der Waals surface area contributed by atoms with Crippen LogP contribution in [0.3, 0.4) is 0 Å². The van der Waals surface area contributed by atoms with Gasteiger partial charge in [-0.25, -0.2) is 0 Å². The lowest BCUT2D eigenvalue weighted by atomic mass is 10.4. The molecule has 0 aromatic carbocycles. The van der Waals surface area contributed by atoms with E-state index in [1.165, 1.54) is 0 Å². The quantitative estimate of drug-likeness (QED) is 0.317. The maximum Gasteiger partial charge on any atom is 0.142 e. The fourth-order valence-corrected chi connectivity index (χ4v) is 0.883. The first kappa shape index (κ1) is 6.67. The molecule has 2 atom stereocenters. The van der Waals surface area contributed by atoms with Crippen LogP contribution in [-0.2, 0) is 0 Å². The summed E-state index contributed by atoms with van der Waals surface area (Å²) in [5, 5.41) is 2.88. The number of hydrogen-bond donors (Lipinski definition) is 3. The first-order valence-electron chi connectivity index (χ1n) is 2.82. The molecule has 0 bridgehead atoms. The van der Waals surface area contributed by atoms with Gasteiger partial charge in [0.25, 0.3) is 0 Å². The second-order valence-corrected chi connectivity index (χ2v) is 2.48. The van der Waals surface area contributed by atoms with Crippen LogP contribution in [0.1, 0.15) is 6.42 Å². The molecule has 9 heavy (non-hydrogen) atoms. The fraction of sp³-hybridized carbons (Fsp3) is 0.800. The summed E-state index contributed by atoms with van der Waals surface area (Å²) < 4.78 is 0. The van der Waals surface area contributed by atoms with Gasteiger partial charge >= 0.3 is 0 Å². The van der Waals surface area contributed by atoms with Gasteiger partial charge in [-0.05, 0) is 13.8 Å². The molecule has 1 fully saturated rings. The Morgan fingerprint density at radius 2 is 2.22 bits per heavy atom. The van der Waals surface area contributed by atoms with Crippen LogP contribution in [0.15, 0.2) is 4.99 Å². The third kappa shape index (κ3) is 0.676. The van der Waals surface area contributed by atoms with Gasteiger partial charge in [-0.2, -0.15) is 0 Å². The van der Waals surface area contributed by atoms with E-state index in [2.05, 4.69) is 17.0 Å². The van der Waals surface area contributed by atoms with Gasteiger partial charge in [-0.15, -0.1) is 0 Å². The summed E-state index contributed by atoms with van der Waals surface area (Å²) in [5.74, 6) is 0. The average Bonchev–Trinajstić information content (AvgIpc) is 2.39. The van der Waals surface area contributed by atoms with Crippen molar-refractivity contribution in [3.8, 4) is 0 Å². The molecule has 0 aromatic heterocycles. The van der Waals surface area contributed by atoms with Crippen LogP contribution >= 0.6 is 0 Å². The number of nitrogens with two attached hydrogens (primary N) is 2. The monoisotopic (exact) mass is 128 g/mol. The smallest absolute Gasteiger partial charge is 0.142 e. The van der Waals surface area contributed by atoms with E-state index < -0.39 is 11.3 Å². The molecule has 0 heterocycles. The highest BCUT2D eigenvalue weighted by Crippen LogP contribution is 2.41. The number of nitrogens with one attached hydrogen (secondary N) is 1. The Hall–Kier alpha value is -0.450. The van der Waals surface area contributed by atoms with Gasteiger partial charge in [0.1, 0.15) is 11.3 Å². The minimum Gasteiger partial charge on any atom is -0.310 e. The summed E-state index contributed by atoms with van der Waals surface area (Å²) in [6.07, 6.45) is 0.667. The Balaban J connectivity index is 2.64. The SMILES string of the molecule is C=NC1(N)CC1(N)NC. The second-order valence-electron chi connectivity index (χ2n) is 2.48. The molecule has 1 saturated carbocycles. The molecule has 2 unspecified atom stereocenters. The largest absolute Gasteiger partial charge is 0.310 e. The molecule has 4 nitrogen and oxygen atoms in total. The average molecular weight is 128 g/mol. The molecular weight excluding hydrogens is 116 g/mol. The van der Waals surface area contributed by atoms with Gasteiger partial charge in [0, 0.05) is 6.42 Å². The van der Waals surface area contributed by atoms with Crippen molar-refractivity contribution in [2.24, 2.45) is 16.5 Å². The van der Waals surface area contributed by atoms with Crippen molar-refractivity contribution < 1.29 is 0 Å². The minimum absolute atomic E-state index is 0.505. The van der Waals surface area contributed by atoms with Gasteiger partial charge in [-0.3, -0.25) is 10.3 Å². The lowest BCUT2D eigenvalue weighted by Crippen LogP contribution is -2.49. The molecule has 1 rings (SSSR count). The molecule has 1 aliphatic carbocycles. The summed E-state index contributed by atoms with van der Waals surface area (Å²) in [6, 6.07) is 0. The second kappa shape index (κ2) is 1.53. The summed E-state index contributed by atoms with van der Waals surface area (Å²) in [7, 11) is 1.76. The fourth-order valence-electron chi connectivity index (χ4n) is 0.883. The Morgan fingerprint density at radius 3 is 2.33 bits per heavy atom. The van der Waals surface area contributed by atoms with Crippen LogP contribution in [-0.4, -0.2) is 25.1 Å². The van der Waals surface area contributed by atoms with Crippen molar-refractivity contribution in [1.29, 1.82) is 0 Å². The lowest BCUT2D eigenvalue weighted by Gasteiger charge is -2.12. The Labute approximate surface area is 54.3 Å². The van der Waals surface area contributed by atoms with Crippen LogP contribution in [0.4, 0.5) is 0 Å². The van der Waals surface area contributed by atoms with Gasteiger partial charge < -0.3 is 11.5 Å². The molecule has 52 valence electrons. The van der Waals surface area contributed by atoms with Crippen molar-refractivity contribution in [3.63, 3.8) is 0 Å². The van der Waals surface area contributed by atoms with E-state index in [0.29, 0.717) is 6.42 Å². The number of hydrogen-bond acceptors (Lipinski definition) is 4. The number of likely N-dealkylation sites (N-methyl/N-ethyl adjacent to an activating group) is 1. The molecule has 0 radical (unpaired) electrons. The third-order valence-corrected chi connectivity index (χ3v) is 1.92. The minimum atomic E-state index is -0.623. The maximum atomic E-state index is 5.66. The molecule has 5 N–H and O–H groups in total. The summed E-state index contributed by atoms with van der Waals surface area (Å²) in [4.78, 5) is 3.70. The van der Waals surface area contributed by atoms with E-state index in [1.807, 2.05) is 0 Å². The van der Waals surface area contributed by atoms with E-state index >= 15 is 0 Å². The van der Waals surface area contributed by atoms with Gasteiger partial charge in [0.2, 0.25) is 0 Å². The zero-order valence-corrected chi connectivity index (χ0v) is 5.52. The van der Waals surface area contributed by atoms with Gasteiger partial charge in [-0.1, -0.05) is 0 Å². The zero-order chi connectivity index (χ0) is 7.12. The van der Waals surface area contributed by atoms with Crippen molar-refractivity contribution >= 4 is 6.72 Å². The highest BCUT2D eigenvalue weighted by atomic mass is 15.3. The van der Waals surface area contributed by atoms with Crippen LogP contribution in [0.25, 0.3) is 0 Å². The maximum absolute atomic E-state index is 5.66. The Bertz CT molecular complexity index is 146. The van der Waals surface area contributed by atoms with Crippen molar-refractivity contribution in [2.45, 2.75) is 17.7 Å². The Kier molecular flexibility index (Phi) is 1.13. The van der Waals surface area contributed by atoms with E-state index in [-0.39, 0.29) is 0 Å². The van der Waals surface area contributed by atoms with E-state index in [4.69, 9.17) is 11.5 Å². The van der Waals surface area contributed by atoms with Crippen molar-refractivity contribution in [2.75, 3.05) is 7.05 Å². The topological polar surface area (TPSA) is 76.4 Å². The molecule has 0 spiro atoms. The third-order valence-electron chi connectivity index (χ3n) is 1.92. The molecule has 0 aliphatic heterocycles. The zero-order valence-electron chi connectivity index (χ0n) is 5.52. The molecule has 0 amide bonds. The summed E-state index contributed by atoms with van der Waals surface area (Å²) >= 11 is 0. The Morgan fingerprint density at radius 1 is 1.67 bits per heavy atom. The van der Waals surface area contributed by atoms with E-state index in [0.717, 1.165) is 0 Å².